The topological polar surface area (TPSA) is 529 Å². The van der Waals surface area contributed by atoms with Crippen LogP contribution < -0.4 is 42.5 Å². The molecule has 0 spiro atoms. The van der Waals surface area contributed by atoms with Crippen LogP contribution in [-0.2, 0) is 124 Å². The molecule has 43 heteroatoms. The third kappa shape index (κ3) is 30.4. The zero-order chi connectivity index (χ0) is 98.2. The van der Waals surface area contributed by atoms with Crippen molar-refractivity contribution >= 4 is 154 Å². The zero-order valence-corrected chi connectivity index (χ0v) is 80.2. The van der Waals surface area contributed by atoms with E-state index in [0.717, 1.165) is 55.4 Å². The standard InChI is InChI=1S/C90H120Cl2N16O22S3/c1-13-52(5)77-84(119)102-76(51(3)4)83(118)99-67(44-57-47-93-63-26-16-15-25-62(57)63)85(120)104(8)71(42-55-21-17-23-58(91)39-55)81(116)96-65(34-38-133(12,129)130)87(122)108-36-19-27-70(108)88(123)105(9)72(43-56-22-18-24-59(92)40-56)82(117)97-66(41-54-29-31-61(110)32-30-54)80(115)95-64(33-37-132(11,127)128)79(114)98-68(46-75(112)107(14-2)35-20-28-74(111)101-77)86(121)106(10)73(45-60-49-131-50-94-60)89(124)103(7)53(6)78(113)100-69(48-109)90(125)126/h15-18,21-26,29-32,39-40,47,49-53,64-73,76-77,93,109-110H,13-14,19-20,27-28,33-38,41-46,48H2,1-12H3,(H,95,115)(H,96,116)(H,97,117)(H,98,114)(H,99,118)(H,100,113)(H,101,111)(H,102,119)(H,125,126)/t52-,53-,64-,65-,66+,67-,68-,69-,70-,71-,72-,73-,76-,77-/m0/s1. The number of aliphatic carboxylic acids is 1. The predicted octanol–water partition coefficient (Wildman–Crippen LogP) is 2.03. The molecule has 4 heterocycles. The highest BCUT2D eigenvalue weighted by Gasteiger charge is 2.46. The van der Waals surface area contributed by atoms with Crippen LogP contribution in [0.2, 0.25) is 10.0 Å². The molecule has 0 bridgehead atoms. The fourth-order valence-corrected chi connectivity index (χ4v) is 18.0. The normalized spacial score (nSPS) is 22.1. The quantitative estimate of drug-likeness (QED) is 0.0334. The molecule has 0 aliphatic carbocycles. The number of hydrogen-bond donors (Lipinski definition) is 12. The van der Waals surface area contributed by atoms with Gasteiger partial charge >= 0.3 is 5.97 Å². The number of hydrogen-bond acceptors (Lipinski definition) is 23. The summed E-state index contributed by atoms with van der Waals surface area (Å²) in [6, 6.07) is 3.12. The van der Waals surface area contributed by atoms with Gasteiger partial charge in [0.25, 0.3) is 0 Å². The van der Waals surface area contributed by atoms with Gasteiger partial charge in [-0.15, -0.1) is 11.3 Å². The van der Waals surface area contributed by atoms with Gasteiger partial charge in [0, 0.05) is 131 Å². The molecule has 0 saturated carbocycles. The number of benzene rings is 4. The van der Waals surface area contributed by atoms with Gasteiger partial charge < -0.3 is 92.2 Å². The molecule has 8 rings (SSSR count). The third-order valence-corrected chi connectivity index (χ3v) is 27.0. The molecule has 2 aliphatic heterocycles. The van der Waals surface area contributed by atoms with Crippen LogP contribution in [0, 0.1) is 11.8 Å². The maximum absolute atomic E-state index is 15.9. The van der Waals surface area contributed by atoms with E-state index in [1.807, 2.05) is 0 Å². The molecule has 2 fully saturated rings. The lowest BCUT2D eigenvalue weighted by molar-refractivity contribution is -0.150. The summed E-state index contributed by atoms with van der Waals surface area (Å²) in [6.45, 7) is 7.90. The molecule has 133 heavy (non-hydrogen) atoms. The number of thiazole rings is 1. The van der Waals surface area contributed by atoms with Crippen molar-refractivity contribution in [2.75, 3.05) is 78.4 Å². The zero-order valence-electron chi connectivity index (χ0n) is 76.3. The van der Waals surface area contributed by atoms with Gasteiger partial charge in [0.15, 0.2) is 0 Å². The molecule has 14 amide bonds. The number of likely N-dealkylation sites (N-methyl/N-ethyl adjacent to an activating group) is 4. The van der Waals surface area contributed by atoms with Gasteiger partial charge in [-0.25, -0.2) is 26.6 Å². The summed E-state index contributed by atoms with van der Waals surface area (Å²) >= 11 is 14.2. The van der Waals surface area contributed by atoms with Crippen molar-refractivity contribution in [1.29, 1.82) is 0 Å². The number of carbonyl (C=O) groups is 15. The number of rotatable bonds is 28. The Hall–Kier alpha value is -11.7. The molecular weight excluding hydrogens is 1820 g/mol. The van der Waals surface area contributed by atoms with Crippen molar-refractivity contribution in [3.05, 3.63) is 152 Å². The van der Waals surface area contributed by atoms with E-state index in [0.29, 0.717) is 34.0 Å². The van der Waals surface area contributed by atoms with E-state index in [-0.39, 0.29) is 91.6 Å². The SMILES string of the molecule is CC[C@H](C)[C@@H]1NC(=O)CCCN(CC)C(=O)C[C@@H](C(=O)N(C)[C@@H](Cc2cscn2)C(=O)N(C)[C@@H](C)C(=O)N[C@@H](CO)C(=O)O)NC(=O)[C@H](CCS(C)(=O)=O)NC(=O)[C@@H](Cc2ccc(O)cc2)NC(=O)[C@H](Cc2cccc(Cl)c2)N(C)C(=O)[C@@H]2CCCN2C(=O)[C@H](CCS(C)(=O)=O)NC(=O)[C@H](Cc2cccc(Cl)c2)N(C)C(=O)[C@H](Cc2c[nH]c3ccccc23)NC(=O)[C@H](C(C)C)NC1=O. The van der Waals surface area contributed by atoms with E-state index >= 15 is 52.7 Å². The second kappa shape index (κ2) is 48.8. The van der Waals surface area contributed by atoms with Crippen LogP contribution in [0.3, 0.4) is 0 Å². The van der Waals surface area contributed by atoms with Crippen LogP contribution >= 0.6 is 34.5 Å². The van der Waals surface area contributed by atoms with E-state index in [9.17, 15) is 51.3 Å². The number of aliphatic hydroxyl groups excluding tert-OH is 1. The first-order chi connectivity index (χ1) is 62.7. The number of nitrogens with zero attached hydrogens (tertiary/aromatic N) is 7. The Morgan fingerprint density at radius 3 is 1.76 bits per heavy atom. The lowest BCUT2D eigenvalue weighted by Crippen LogP contribution is -2.62. The number of para-hydroxylation sites is 1. The van der Waals surface area contributed by atoms with Crippen molar-refractivity contribution in [1.82, 2.24) is 81.9 Å². The van der Waals surface area contributed by atoms with E-state index in [2.05, 4.69) is 52.5 Å². The number of aromatic nitrogens is 2. The van der Waals surface area contributed by atoms with Crippen molar-refractivity contribution in [2.24, 2.45) is 11.8 Å². The number of amides is 14. The fourth-order valence-electron chi connectivity index (χ4n) is 15.7. The summed E-state index contributed by atoms with van der Waals surface area (Å²) < 4.78 is 53.1. The molecule has 0 unspecified atom stereocenters. The van der Waals surface area contributed by atoms with Gasteiger partial charge in [0.1, 0.15) is 104 Å². The van der Waals surface area contributed by atoms with Crippen molar-refractivity contribution < 1.29 is 104 Å². The average Bonchev–Trinajstić information content (AvgIpc) is 1.75. The highest BCUT2D eigenvalue weighted by Crippen LogP contribution is 2.28. The first-order valence-electron chi connectivity index (χ1n) is 43.7. The van der Waals surface area contributed by atoms with Gasteiger partial charge in [-0.1, -0.05) is 112 Å². The van der Waals surface area contributed by atoms with Crippen LogP contribution in [-0.4, -0.2) is 317 Å². The van der Waals surface area contributed by atoms with Crippen molar-refractivity contribution in [2.45, 2.75) is 204 Å². The van der Waals surface area contributed by atoms with E-state index in [4.69, 9.17) is 23.2 Å². The number of carbonyl (C=O) groups excluding carboxylic acids is 14. The molecule has 0 radical (unpaired) electrons. The summed E-state index contributed by atoms with van der Waals surface area (Å²) in [5, 5.41) is 53.6. The number of aliphatic hydroxyl groups is 1. The third-order valence-electron chi connectivity index (χ3n) is 23.9. The first kappa shape index (κ1) is 107. The minimum atomic E-state index is -4.10. The number of carboxylic acid groups (broad SMARTS) is 1. The molecule has 38 nitrogen and oxygen atoms in total. The number of aromatic hydroxyl groups is 1. The number of sulfone groups is 2. The number of halogens is 2. The number of H-pyrrole nitrogens is 1. The van der Waals surface area contributed by atoms with Gasteiger partial charge in [-0.3, -0.25) is 67.1 Å². The Morgan fingerprint density at radius 1 is 0.624 bits per heavy atom. The predicted molar refractivity (Wildman–Crippen MR) is 496 cm³/mol. The van der Waals surface area contributed by atoms with Crippen molar-refractivity contribution in [3.63, 3.8) is 0 Å². The number of fused-ring (bicyclic) bond motifs is 2. The van der Waals surface area contributed by atoms with Crippen LogP contribution in [0.15, 0.2) is 114 Å². The molecule has 14 atom stereocenters. The first-order valence-corrected chi connectivity index (χ1v) is 49.5. The largest absolute Gasteiger partial charge is 0.508 e. The van der Waals surface area contributed by atoms with Gasteiger partial charge in [-0.05, 0) is 123 Å². The summed E-state index contributed by atoms with van der Waals surface area (Å²) in [6.07, 6.45) is -0.936. The Labute approximate surface area is 786 Å². The van der Waals surface area contributed by atoms with E-state index in [1.165, 1.54) is 80.9 Å². The molecule has 6 aromatic rings. The second-order valence-electron chi connectivity index (χ2n) is 34.2. The number of carboxylic acids is 1. The van der Waals surface area contributed by atoms with Gasteiger partial charge in [0.2, 0.25) is 82.7 Å². The van der Waals surface area contributed by atoms with Crippen LogP contribution in [0.1, 0.15) is 121 Å². The molecule has 12 N–H and O–H groups in total. The Bertz CT molecular complexity index is 5420. The smallest absolute Gasteiger partial charge is 0.328 e. The Morgan fingerprint density at radius 2 is 1.20 bits per heavy atom. The van der Waals surface area contributed by atoms with Crippen LogP contribution in [0.5, 0.6) is 5.75 Å². The Balaban J connectivity index is 1.27. The number of phenolic OH excluding ortho intramolecular Hbond substituents is 1. The highest BCUT2D eigenvalue weighted by atomic mass is 35.5. The summed E-state index contributed by atoms with van der Waals surface area (Å²) in [5.41, 5.74) is 3.82. The maximum atomic E-state index is 15.9. The highest BCUT2D eigenvalue weighted by molar-refractivity contribution is 7.90. The average molecular weight is 1950 g/mol. The molecule has 4 aromatic carbocycles. The van der Waals surface area contributed by atoms with Crippen LogP contribution in [0.25, 0.3) is 10.9 Å². The fraction of sp³-hybridized carbons (Fsp3) is 0.511. The second-order valence-corrected chi connectivity index (χ2v) is 40.3. The van der Waals surface area contributed by atoms with Gasteiger partial charge in [-0.2, -0.15) is 0 Å². The molecule has 724 valence electrons. The minimum absolute atomic E-state index is 0.0785. The number of nitrogens with one attached hydrogen (secondary N) is 9. The summed E-state index contributed by atoms with van der Waals surface area (Å²) in [5.74, 6) is -18.5. The lowest BCUT2D eigenvalue weighted by Gasteiger charge is -2.36. The molecule has 2 aliphatic rings. The minimum Gasteiger partial charge on any atom is -0.508 e. The Kier molecular flexibility index (Phi) is 39.2. The van der Waals surface area contributed by atoms with Crippen molar-refractivity contribution in [3.8, 4) is 5.75 Å². The van der Waals surface area contributed by atoms with Gasteiger partial charge in [0.05, 0.1) is 35.7 Å². The van der Waals surface area contributed by atoms with E-state index in [1.54, 1.807) is 101 Å². The number of aromatic amines is 1. The molecule has 2 saturated heterocycles. The summed E-state index contributed by atoms with van der Waals surface area (Å²) in [4.78, 5) is 240. The monoisotopic (exact) mass is 1940 g/mol. The molecule has 2 aromatic heterocycles. The lowest BCUT2D eigenvalue weighted by atomic mass is 9.95. The maximum Gasteiger partial charge on any atom is 0.328 e. The molecular formula is C90H120Cl2N16O22S3. The van der Waals surface area contributed by atoms with Crippen LogP contribution in [0.4, 0.5) is 0 Å². The number of phenols is 1. The van der Waals surface area contributed by atoms with E-state index < -0.39 is 249 Å². The summed E-state index contributed by atoms with van der Waals surface area (Å²) in [7, 11) is -3.24.